The van der Waals surface area contributed by atoms with Gasteiger partial charge in [-0.1, -0.05) is 11.6 Å². The summed E-state index contributed by atoms with van der Waals surface area (Å²) in [6, 6.07) is 4.95. The Morgan fingerprint density at radius 3 is 2.57 bits per heavy atom. The van der Waals surface area contributed by atoms with Gasteiger partial charge in [-0.2, -0.15) is 0 Å². The fourth-order valence-electron chi connectivity index (χ4n) is 1.99. The van der Waals surface area contributed by atoms with Gasteiger partial charge in [-0.25, -0.2) is 0 Å². The average molecular weight is 314 g/mol. The second-order valence-corrected chi connectivity index (χ2v) is 5.61. The molecule has 0 radical (unpaired) electrons. The number of amides is 1. The molecule has 21 heavy (non-hydrogen) atoms. The largest absolute Gasteiger partial charge is 0.398 e. The minimum atomic E-state index is -0.0834. The molecule has 0 heterocycles. The zero-order chi connectivity index (χ0) is 15.8. The molecule has 1 amide bonds. The number of anilines is 1. The standard InChI is InChI=1S/C15H24ClN3O2/c1-18(2)7-4-8-19(9-10-21-3)15(20)13-6-5-12(16)11-14(13)17/h5-6,11H,4,7-10,17H2,1-3H3. The fraction of sp³-hybridized carbons (Fsp3) is 0.533. The molecule has 0 unspecified atom stereocenters. The van der Waals surface area contributed by atoms with Gasteiger partial charge in [0.2, 0.25) is 0 Å². The molecule has 0 aliphatic heterocycles. The van der Waals surface area contributed by atoms with E-state index in [4.69, 9.17) is 22.1 Å². The summed E-state index contributed by atoms with van der Waals surface area (Å²) in [6.45, 7) is 2.64. The monoisotopic (exact) mass is 313 g/mol. The number of hydrogen-bond acceptors (Lipinski definition) is 4. The van der Waals surface area contributed by atoms with Crippen LogP contribution in [0.1, 0.15) is 16.8 Å². The number of nitrogens with zero attached hydrogens (tertiary/aromatic N) is 2. The summed E-state index contributed by atoms with van der Waals surface area (Å²) in [4.78, 5) is 16.5. The van der Waals surface area contributed by atoms with Crippen LogP contribution in [0.4, 0.5) is 5.69 Å². The lowest BCUT2D eigenvalue weighted by Gasteiger charge is -2.24. The van der Waals surface area contributed by atoms with E-state index in [0.29, 0.717) is 36.0 Å². The number of methoxy groups -OCH3 is 1. The molecular weight excluding hydrogens is 290 g/mol. The number of ether oxygens (including phenoxy) is 1. The first-order chi connectivity index (χ1) is 9.95. The molecule has 0 fully saturated rings. The normalized spacial score (nSPS) is 10.9. The van der Waals surface area contributed by atoms with E-state index in [1.165, 1.54) is 0 Å². The number of carbonyl (C=O) groups excluding carboxylic acids is 1. The van der Waals surface area contributed by atoms with Crippen LogP contribution in [0.5, 0.6) is 0 Å². The van der Waals surface area contributed by atoms with Gasteiger partial charge in [0.25, 0.3) is 5.91 Å². The van der Waals surface area contributed by atoms with E-state index in [-0.39, 0.29) is 5.91 Å². The maximum absolute atomic E-state index is 12.6. The highest BCUT2D eigenvalue weighted by atomic mass is 35.5. The van der Waals surface area contributed by atoms with Gasteiger partial charge in [-0.3, -0.25) is 4.79 Å². The van der Waals surface area contributed by atoms with Gasteiger partial charge in [-0.15, -0.1) is 0 Å². The Bertz CT molecular complexity index is 466. The lowest BCUT2D eigenvalue weighted by atomic mass is 10.1. The highest BCUT2D eigenvalue weighted by Gasteiger charge is 2.17. The predicted octanol–water partition coefficient (Wildman–Crippen LogP) is 1.96. The first-order valence-electron chi connectivity index (χ1n) is 6.93. The van der Waals surface area contributed by atoms with Gasteiger partial charge in [0.15, 0.2) is 0 Å². The average Bonchev–Trinajstić information content (AvgIpc) is 2.41. The molecule has 0 bridgehead atoms. The summed E-state index contributed by atoms with van der Waals surface area (Å²) in [6.07, 6.45) is 0.899. The molecule has 0 aromatic heterocycles. The number of carbonyl (C=O) groups is 1. The van der Waals surface area contributed by atoms with Crippen molar-refractivity contribution in [3.05, 3.63) is 28.8 Å². The molecule has 1 rings (SSSR count). The van der Waals surface area contributed by atoms with E-state index in [9.17, 15) is 4.79 Å². The quantitative estimate of drug-likeness (QED) is 0.745. The van der Waals surface area contributed by atoms with Crippen LogP contribution in [-0.4, -0.2) is 63.2 Å². The summed E-state index contributed by atoms with van der Waals surface area (Å²) in [5.41, 5.74) is 6.79. The molecule has 6 heteroatoms. The Morgan fingerprint density at radius 2 is 2.00 bits per heavy atom. The van der Waals surface area contributed by atoms with Gasteiger partial charge in [0, 0.05) is 30.9 Å². The van der Waals surface area contributed by atoms with Gasteiger partial charge in [-0.05, 0) is 45.3 Å². The van der Waals surface area contributed by atoms with Crippen LogP contribution >= 0.6 is 11.6 Å². The van der Waals surface area contributed by atoms with Crippen LogP contribution < -0.4 is 5.73 Å². The Balaban J connectivity index is 2.77. The second kappa shape index (κ2) is 8.87. The summed E-state index contributed by atoms with van der Waals surface area (Å²) in [5, 5.41) is 0.528. The van der Waals surface area contributed by atoms with Crippen molar-refractivity contribution < 1.29 is 9.53 Å². The maximum Gasteiger partial charge on any atom is 0.256 e. The van der Waals surface area contributed by atoms with E-state index in [1.54, 1.807) is 30.2 Å². The lowest BCUT2D eigenvalue weighted by molar-refractivity contribution is 0.0690. The number of rotatable bonds is 8. The van der Waals surface area contributed by atoms with Crippen molar-refractivity contribution >= 4 is 23.2 Å². The summed E-state index contributed by atoms with van der Waals surface area (Å²) < 4.78 is 5.08. The van der Waals surface area contributed by atoms with Crippen molar-refractivity contribution in [1.82, 2.24) is 9.80 Å². The predicted molar refractivity (Wildman–Crippen MR) is 86.8 cm³/mol. The van der Waals surface area contributed by atoms with Crippen LogP contribution in [0.2, 0.25) is 5.02 Å². The van der Waals surface area contributed by atoms with Crippen molar-refractivity contribution in [2.45, 2.75) is 6.42 Å². The van der Waals surface area contributed by atoms with Gasteiger partial charge >= 0.3 is 0 Å². The molecule has 0 saturated carbocycles. The number of benzene rings is 1. The van der Waals surface area contributed by atoms with Crippen molar-refractivity contribution in [1.29, 1.82) is 0 Å². The van der Waals surface area contributed by atoms with Crippen molar-refractivity contribution in [3.8, 4) is 0 Å². The zero-order valence-electron chi connectivity index (χ0n) is 12.9. The van der Waals surface area contributed by atoms with E-state index < -0.39 is 0 Å². The first kappa shape index (κ1) is 17.8. The summed E-state index contributed by atoms with van der Waals surface area (Å²) in [5.74, 6) is -0.0834. The SMILES string of the molecule is COCCN(CCCN(C)C)C(=O)c1ccc(Cl)cc1N. The summed E-state index contributed by atoms with van der Waals surface area (Å²) >= 11 is 5.87. The minimum Gasteiger partial charge on any atom is -0.398 e. The third-order valence-electron chi connectivity index (χ3n) is 3.13. The van der Waals surface area contributed by atoms with Crippen molar-refractivity contribution in [2.75, 3.05) is 53.2 Å². The Labute approximate surface area is 131 Å². The minimum absolute atomic E-state index is 0.0834. The van der Waals surface area contributed by atoms with Crippen molar-refractivity contribution in [2.24, 2.45) is 0 Å². The van der Waals surface area contributed by atoms with Crippen LogP contribution in [0.25, 0.3) is 0 Å². The molecule has 1 aromatic rings. The zero-order valence-corrected chi connectivity index (χ0v) is 13.7. The number of nitrogen functional groups attached to an aromatic ring is 1. The molecule has 5 nitrogen and oxygen atoms in total. The molecule has 118 valence electrons. The van der Waals surface area contributed by atoms with Gasteiger partial charge < -0.3 is 20.3 Å². The first-order valence-corrected chi connectivity index (χ1v) is 7.31. The Hall–Kier alpha value is -1.30. The van der Waals surface area contributed by atoms with Crippen LogP contribution in [0.15, 0.2) is 18.2 Å². The third kappa shape index (κ3) is 5.91. The van der Waals surface area contributed by atoms with Crippen LogP contribution in [0, 0.1) is 0 Å². The highest BCUT2D eigenvalue weighted by molar-refractivity contribution is 6.31. The molecular formula is C15H24ClN3O2. The topological polar surface area (TPSA) is 58.8 Å². The second-order valence-electron chi connectivity index (χ2n) is 5.17. The van der Waals surface area contributed by atoms with Gasteiger partial charge in [0.1, 0.15) is 0 Å². The van der Waals surface area contributed by atoms with E-state index in [2.05, 4.69) is 4.90 Å². The molecule has 1 aromatic carbocycles. The van der Waals surface area contributed by atoms with E-state index in [1.807, 2.05) is 14.1 Å². The van der Waals surface area contributed by atoms with Crippen molar-refractivity contribution in [3.63, 3.8) is 0 Å². The van der Waals surface area contributed by atoms with Crippen LogP contribution in [-0.2, 0) is 4.74 Å². The smallest absolute Gasteiger partial charge is 0.256 e. The number of nitrogens with two attached hydrogens (primary N) is 1. The van der Waals surface area contributed by atoms with Crippen LogP contribution in [0.3, 0.4) is 0 Å². The molecule has 0 atom stereocenters. The number of halogens is 1. The molecule has 0 aliphatic carbocycles. The summed E-state index contributed by atoms with van der Waals surface area (Å²) in [7, 11) is 5.65. The maximum atomic E-state index is 12.6. The number of hydrogen-bond donors (Lipinski definition) is 1. The highest BCUT2D eigenvalue weighted by Crippen LogP contribution is 2.19. The van der Waals surface area contributed by atoms with E-state index >= 15 is 0 Å². The fourth-order valence-corrected chi connectivity index (χ4v) is 2.17. The molecule has 0 saturated heterocycles. The lowest BCUT2D eigenvalue weighted by Crippen LogP contribution is -2.36. The molecule has 0 spiro atoms. The Kier molecular flexibility index (Phi) is 7.50. The Morgan fingerprint density at radius 1 is 1.29 bits per heavy atom. The molecule has 0 aliphatic rings. The van der Waals surface area contributed by atoms with Gasteiger partial charge in [0.05, 0.1) is 12.2 Å². The molecule has 2 N–H and O–H groups in total. The third-order valence-corrected chi connectivity index (χ3v) is 3.37. The van der Waals surface area contributed by atoms with E-state index in [0.717, 1.165) is 13.0 Å².